The monoisotopic (exact) mass is 716 g/mol. The van der Waals surface area contributed by atoms with E-state index >= 15 is 0 Å². The molecular weight excluding hydrogens is 653 g/mol. The van der Waals surface area contributed by atoms with Crippen molar-refractivity contribution in [3.05, 3.63) is 35.9 Å². The Hall–Kier alpha value is -2.19. The van der Waals surface area contributed by atoms with Crippen LogP contribution in [0.5, 0.6) is 0 Å². The molecule has 1 fully saturated rings. The molecular formula is C33H62B6O12. The fourth-order valence-electron chi connectivity index (χ4n) is 3.20. The molecule has 51 heavy (non-hydrogen) atoms. The summed E-state index contributed by atoms with van der Waals surface area (Å²) in [6.45, 7) is 13.3. The van der Waals surface area contributed by atoms with E-state index in [1.807, 2.05) is 45.9 Å². The van der Waals surface area contributed by atoms with Crippen LogP contribution in [0.4, 0.5) is 0 Å². The molecule has 284 valence electrons. The van der Waals surface area contributed by atoms with Crippen LogP contribution in [-0.4, -0.2) is 103 Å². The molecule has 0 radical (unpaired) electrons. The third-order valence-corrected chi connectivity index (χ3v) is 6.07. The van der Waals surface area contributed by atoms with Crippen molar-refractivity contribution >= 4 is 42.7 Å². The number of hydrogen-bond acceptors (Lipinski definition) is 12. The molecule has 1 aromatic carbocycles. The second-order valence-corrected chi connectivity index (χ2v) is 12.8. The highest BCUT2D eigenvalue weighted by Gasteiger charge is 2.24. The van der Waals surface area contributed by atoms with Gasteiger partial charge in [-0.1, -0.05) is 121 Å². The highest BCUT2D eigenvalue weighted by molar-refractivity contribution is 6.52. The third-order valence-electron chi connectivity index (χ3n) is 6.07. The van der Waals surface area contributed by atoms with Gasteiger partial charge in [0, 0.05) is 17.4 Å². The molecule has 1 aliphatic carbocycles. The van der Waals surface area contributed by atoms with Crippen LogP contribution in [-0.2, 0) is 0 Å². The largest absolute Gasteiger partial charge is 0.545 e. The van der Waals surface area contributed by atoms with Gasteiger partial charge >= 0.3 is 42.7 Å². The smallest absolute Gasteiger partial charge is 0.427 e. The molecule has 0 aliphatic heterocycles. The van der Waals surface area contributed by atoms with Crippen molar-refractivity contribution in [2.75, 3.05) is 0 Å². The summed E-state index contributed by atoms with van der Waals surface area (Å²) in [6, 6.07) is 9.16. The minimum absolute atomic E-state index is 0.0370. The van der Waals surface area contributed by atoms with Crippen LogP contribution in [0.25, 0.3) is 0 Å². The van der Waals surface area contributed by atoms with E-state index in [4.69, 9.17) is 60.3 Å². The van der Waals surface area contributed by atoms with Crippen LogP contribution in [0.15, 0.2) is 30.3 Å². The van der Waals surface area contributed by atoms with Gasteiger partial charge < -0.3 is 60.3 Å². The van der Waals surface area contributed by atoms with Gasteiger partial charge in [0.25, 0.3) is 0 Å². The zero-order valence-corrected chi connectivity index (χ0v) is 31.7. The quantitative estimate of drug-likeness (QED) is 0.108. The summed E-state index contributed by atoms with van der Waals surface area (Å²) in [5.74, 6) is 14.7. The fraction of sp³-hybridized carbons (Fsp3) is 0.636. The van der Waals surface area contributed by atoms with Gasteiger partial charge in [0.05, 0.1) is 0 Å². The molecule has 2 rings (SSSR count). The molecule has 0 amide bonds. The van der Waals surface area contributed by atoms with Gasteiger partial charge in [0.1, 0.15) is 0 Å². The maximum atomic E-state index is 8.73. The van der Waals surface area contributed by atoms with Crippen molar-refractivity contribution in [1.29, 1.82) is 0 Å². The lowest BCUT2D eigenvalue weighted by molar-refractivity contribution is 0.351. The zero-order valence-electron chi connectivity index (χ0n) is 31.7. The van der Waals surface area contributed by atoms with Gasteiger partial charge in [-0.05, 0) is 57.3 Å². The average molecular weight is 716 g/mol. The van der Waals surface area contributed by atoms with Crippen molar-refractivity contribution in [2.24, 2.45) is 5.41 Å². The first kappa shape index (κ1) is 55.6. The first-order valence-electron chi connectivity index (χ1n) is 17.4. The van der Waals surface area contributed by atoms with E-state index in [2.05, 4.69) is 42.1 Å². The lowest BCUT2D eigenvalue weighted by Gasteiger charge is -2.19. The molecule has 0 atom stereocenters. The number of hydrogen-bond donors (Lipinski definition) is 12. The second-order valence-electron chi connectivity index (χ2n) is 12.8. The van der Waals surface area contributed by atoms with Crippen molar-refractivity contribution < 1.29 is 60.3 Å². The summed E-state index contributed by atoms with van der Waals surface area (Å²) in [5, 5.41) is 100. The summed E-state index contributed by atoms with van der Waals surface area (Å²) in [4.78, 5) is 0. The highest BCUT2D eigenvalue weighted by atomic mass is 16.4. The Morgan fingerprint density at radius 2 is 1.16 bits per heavy atom. The third kappa shape index (κ3) is 54.7. The van der Waals surface area contributed by atoms with Crippen molar-refractivity contribution in [3.63, 3.8) is 0 Å². The molecule has 0 saturated heterocycles. The highest BCUT2D eigenvalue weighted by Crippen LogP contribution is 2.29. The lowest BCUT2D eigenvalue weighted by atomic mass is 9.65. The van der Waals surface area contributed by atoms with E-state index in [0.29, 0.717) is 6.32 Å². The first-order chi connectivity index (χ1) is 23.7. The van der Waals surface area contributed by atoms with E-state index in [9.17, 15) is 0 Å². The zero-order chi connectivity index (χ0) is 40.3. The standard InChI is InChI=1S/C8H7BO2.C6H13BO2.2C6H11BO2.C4H11BO2.C3H9BO2/c10-9(11)7-6-8-4-2-1-3-5-8;8-7(9)6-4-2-1-3-5-6;1-6(2,3)4-5-7(8)9;1-2-3-4-5-6-7(8)9;1-2-3-4-5(6)7;1-3(2)4(5)6/h1-5,10-11H;6,8-9H,1-5H2;8-9H,1-3H3;8-9H,2-4H2,1H3;6-7H,2-4H2,1H3;3,5-6H,1-2H3. The molecule has 0 aromatic heterocycles. The van der Waals surface area contributed by atoms with Gasteiger partial charge in [0.15, 0.2) is 0 Å². The minimum Gasteiger partial charge on any atom is -0.427 e. The first-order valence-corrected chi connectivity index (χ1v) is 17.4. The van der Waals surface area contributed by atoms with Gasteiger partial charge in [0.2, 0.25) is 0 Å². The molecule has 12 nitrogen and oxygen atoms in total. The summed E-state index contributed by atoms with van der Waals surface area (Å²) in [7, 11) is -7.81. The average Bonchev–Trinajstić information content (AvgIpc) is 3.06. The molecule has 0 unspecified atom stereocenters. The Kier molecular flexibility index (Phi) is 40.9. The molecule has 0 spiro atoms. The van der Waals surface area contributed by atoms with Gasteiger partial charge in [-0.15, -0.1) is 11.8 Å². The van der Waals surface area contributed by atoms with Crippen LogP contribution in [0.2, 0.25) is 18.0 Å². The summed E-state index contributed by atoms with van der Waals surface area (Å²) in [6.07, 6.45) is 10.9. The van der Waals surface area contributed by atoms with Crippen molar-refractivity contribution in [2.45, 2.75) is 131 Å². The van der Waals surface area contributed by atoms with E-state index in [-0.39, 0.29) is 17.0 Å². The van der Waals surface area contributed by atoms with Crippen molar-refractivity contribution in [1.82, 2.24) is 0 Å². The van der Waals surface area contributed by atoms with E-state index in [1.165, 1.54) is 19.3 Å². The lowest BCUT2D eigenvalue weighted by Crippen LogP contribution is -2.22. The van der Waals surface area contributed by atoms with Crippen LogP contribution in [0.1, 0.15) is 118 Å². The molecule has 1 aromatic rings. The maximum absolute atomic E-state index is 8.73. The molecule has 18 heteroatoms. The van der Waals surface area contributed by atoms with E-state index in [0.717, 1.165) is 50.5 Å². The topological polar surface area (TPSA) is 243 Å². The SMILES string of the molecule is CC(C)(C)C#CB(O)O.CC(C)B(O)O.CCCCB(O)O.CCCCC#CB(O)O.OB(O)C#Cc1ccccc1.OB(O)C1CCCCC1. The van der Waals surface area contributed by atoms with Crippen LogP contribution in [0, 0.1) is 40.6 Å². The Bertz CT molecular complexity index is 1070. The maximum Gasteiger partial charge on any atom is 0.545 e. The van der Waals surface area contributed by atoms with Crippen LogP contribution >= 0.6 is 0 Å². The number of benzene rings is 1. The van der Waals surface area contributed by atoms with Crippen LogP contribution < -0.4 is 0 Å². The fourth-order valence-corrected chi connectivity index (χ4v) is 3.20. The summed E-state index contributed by atoms with van der Waals surface area (Å²) >= 11 is 0. The summed E-state index contributed by atoms with van der Waals surface area (Å²) in [5.41, 5.74) is 0.629. The van der Waals surface area contributed by atoms with Crippen LogP contribution in [0.3, 0.4) is 0 Å². The van der Waals surface area contributed by atoms with E-state index < -0.39 is 42.7 Å². The predicted molar refractivity (Wildman–Crippen MR) is 211 cm³/mol. The second kappa shape index (κ2) is 37.6. The van der Waals surface area contributed by atoms with Gasteiger partial charge in [-0.25, -0.2) is 0 Å². The van der Waals surface area contributed by atoms with E-state index in [1.54, 1.807) is 26.0 Å². The Morgan fingerprint density at radius 3 is 1.45 bits per heavy atom. The number of rotatable bonds is 7. The number of unbranched alkanes of at least 4 members (excludes halogenated alkanes) is 3. The molecule has 0 bridgehead atoms. The Balaban J connectivity index is -0.000000263. The van der Waals surface area contributed by atoms with Crippen molar-refractivity contribution in [3.8, 4) is 35.2 Å². The summed E-state index contributed by atoms with van der Waals surface area (Å²) < 4.78 is 0. The normalized spacial score (nSPS) is 11.1. The predicted octanol–water partition coefficient (Wildman–Crippen LogP) is 1.21. The van der Waals surface area contributed by atoms with Gasteiger partial charge in [-0.3, -0.25) is 0 Å². The molecule has 0 heterocycles. The Morgan fingerprint density at radius 1 is 0.686 bits per heavy atom. The molecule has 12 N–H and O–H groups in total. The van der Waals surface area contributed by atoms with Gasteiger partial charge in [-0.2, -0.15) is 0 Å². The molecule has 1 aliphatic rings. The molecule has 1 saturated carbocycles. The minimum atomic E-state index is -1.55. The Labute approximate surface area is 309 Å².